The number of rotatable bonds is 1. The van der Waals surface area contributed by atoms with Crippen molar-refractivity contribution in [2.45, 2.75) is 26.3 Å². The molecule has 0 bridgehead atoms. The molecule has 1 aromatic rings. The van der Waals surface area contributed by atoms with Crippen molar-refractivity contribution in [2.75, 3.05) is 0 Å². The topological polar surface area (TPSA) is 50.4 Å². The monoisotopic (exact) mass is 209 g/mol. The molecule has 0 saturated heterocycles. The molecule has 0 unspecified atom stereocenters. The third-order valence-electron chi connectivity index (χ3n) is 1.70. The molecule has 0 aliphatic rings. The zero-order chi connectivity index (χ0) is 11.5. The van der Waals surface area contributed by atoms with Gasteiger partial charge in [-0.25, -0.2) is 10.2 Å². The van der Waals surface area contributed by atoms with E-state index < -0.39 is 0 Å². The van der Waals surface area contributed by atoms with Gasteiger partial charge >= 0.3 is 0 Å². The van der Waals surface area contributed by atoms with Crippen molar-refractivity contribution >= 4 is 5.84 Å². The fraction of sp³-hybridized carbons (Fsp3) is 0.364. The van der Waals surface area contributed by atoms with Gasteiger partial charge < -0.3 is 5.43 Å². The van der Waals surface area contributed by atoms with Crippen LogP contribution in [0.3, 0.4) is 0 Å². The second-order valence-electron chi connectivity index (χ2n) is 4.28. The molecule has 0 fully saturated rings. The van der Waals surface area contributed by atoms with Gasteiger partial charge in [-0.3, -0.25) is 4.99 Å². The van der Waals surface area contributed by atoms with Gasteiger partial charge in [0.05, 0.1) is 5.54 Å². The number of amidine groups is 1. The number of halogens is 1. The molecule has 1 aromatic carbocycles. The number of nitrogens with zero attached hydrogens (tertiary/aromatic N) is 1. The molecule has 0 radical (unpaired) electrons. The normalized spacial score (nSPS) is 12.7. The molecule has 4 heteroatoms. The van der Waals surface area contributed by atoms with Crippen molar-refractivity contribution < 1.29 is 4.39 Å². The number of hydrogen-bond acceptors (Lipinski definition) is 2. The number of aliphatic imine (C=N–C) groups is 1. The van der Waals surface area contributed by atoms with E-state index in [9.17, 15) is 4.39 Å². The molecule has 82 valence electrons. The van der Waals surface area contributed by atoms with Crippen LogP contribution >= 0.6 is 0 Å². The SMILES string of the molecule is CC(C)(C)N=C(NN)c1ccc(F)cc1. The Kier molecular flexibility index (Phi) is 3.42. The van der Waals surface area contributed by atoms with E-state index in [1.54, 1.807) is 12.1 Å². The van der Waals surface area contributed by atoms with Crippen LogP contribution in [0.5, 0.6) is 0 Å². The first kappa shape index (κ1) is 11.7. The molecule has 0 amide bonds. The van der Waals surface area contributed by atoms with Crippen molar-refractivity contribution in [3.8, 4) is 0 Å². The number of hydrazine groups is 1. The summed E-state index contributed by atoms with van der Waals surface area (Å²) in [5, 5.41) is 0. The third kappa shape index (κ3) is 3.67. The van der Waals surface area contributed by atoms with E-state index in [0.29, 0.717) is 5.84 Å². The Morgan fingerprint density at radius 3 is 2.20 bits per heavy atom. The molecule has 3 nitrogen and oxygen atoms in total. The van der Waals surface area contributed by atoms with Crippen LogP contribution in [-0.4, -0.2) is 11.4 Å². The molecule has 0 saturated carbocycles. The van der Waals surface area contributed by atoms with Crippen LogP contribution in [-0.2, 0) is 0 Å². The van der Waals surface area contributed by atoms with Gasteiger partial charge in [-0.15, -0.1) is 0 Å². The second-order valence-corrected chi connectivity index (χ2v) is 4.28. The minimum atomic E-state index is -0.272. The Hall–Kier alpha value is -1.42. The molecule has 0 aliphatic heterocycles. The first-order chi connectivity index (χ1) is 6.92. The number of nitrogens with one attached hydrogen (secondary N) is 1. The summed E-state index contributed by atoms with van der Waals surface area (Å²) in [6, 6.07) is 6.04. The van der Waals surface area contributed by atoms with Crippen molar-refractivity contribution in [1.82, 2.24) is 5.43 Å². The summed E-state index contributed by atoms with van der Waals surface area (Å²) in [5.41, 5.74) is 3.07. The highest BCUT2D eigenvalue weighted by Crippen LogP contribution is 2.10. The Labute approximate surface area is 89.2 Å². The van der Waals surface area contributed by atoms with E-state index in [-0.39, 0.29) is 11.4 Å². The standard InChI is InChI=1S/C11H16FN3/c1-11(2,3)14-10(15-13)8-4-6-9(12)7-5-8/h4-7H,13H2,1-3H3,(H,14,15). The van der Waals surface area contributed by atoms with Crippen LogP contribution in [0.25, 0.3) is 0 Å². The predicted octanol–water partition coefficient (Wildman–Crippen LogP) is 1.83. The average Bonchev–Trinajstić information content (AvgIpc) is 2.14. The smallest absolute Gasteiger partial charge is 0.143 e. The van der Waals surface area contributed by atoms with Crippen LogP contribution in [0.4, 0.5) is 4.39 Å². The zero-order valence-electron chi connectivity index (χ0n) is 9.21. The van der Waals surface area contributed by atoms with Crippen LogP contribution in [0.15, 0.2) is 29.3 Å². The Morgan fingerprint density at radius 1 is 1.27 bits per heavy atom. The van der Waals surface area contributed by atoms with Crippen molar-refractivity contribution in [3.63, 3.8) is 0 Å². The van der Waals surface area contributed by atoms with Gasteiger partial charge in [-0.05, 0) is 45.0 Å². The third-order valence-corrected chi connectivity index (χ3v) is 1.70. The van der Waals surface area contributed by atoms with E-state index in [1.165, 1.54) is 12.1 Å². The highest BCUT2D eigenvalue weighted by molar-refractivity contribution is 5.98. The summed E-state index contributed by atoms with van der Waals surface area (Å²) in [6.07, 6.45) is 0. The Morgan fingerprint density at radius 2 is 1.80 bits per heavy atom. The maximum atomic E-state index is 12.7. The fourth-order valence-corrected chi connectivity index (χ4v) is 1.12. The van der Waals surface area contributed by atoms with Crippen LogP contribution in [0, 0.1) is 5.82 Å². The van der Waals surface area contributed by atoms with Crippen LogP contribution < -0.4 is 11.3 Å². The quantitative estimate of drug-likeness (QED) is 0.321. The summed E-state index contributed by atoms with van der Waals surface area (Å²) in [7, 11) is 0. The largest absolute Gasteiger partial charge is 0.308 e. The molecule has 0 aromatic heterocycles. The van der Waals surface area contributed by atoms with Gasteiger partial charge in [0.15, 0.2) is 0 Å². The summed E-state index contributed by atoms with van der Waals surface area (Å²) in [6.45, 7) is 5.90. The number of benzene rings is 1. The first-order valence-electron chi connectivity index (χ1n) is 4.75. The minimum absolute atomic E-state index is 0.226. The van der Waals surface area contributed by atoms with Crippen molar-refractivity contribution in [2.24, 2.45) is 10.8 Å². The fourth-order valence-electron chi connectivity index (χ4n) is 1.12. The number of hydrogen-bond donors (Lipinski definition) is 2. The van der Waals surface area contributed by atoms with Gasteiger partial charge in [0.2, 0.25) is 0 Å². The highest BCUT2D eigenvalue weighted by Gasteiger charge is 2.10. The van der Waals surface area contributed by atoms with E-state index in [4.69, 9.17) is 5.84 Å². The Balaban J connectivity index is 3.03. The van der Waals surface area contributed by atoms with Gasteiger partial charge in [0, 0.05) is 5.56 Å². The molecule has 15 heavy (non-hydrogen) atoms. The number of nitrogens with two attached hydrogens (primary N) is 1. The lowest BCUT2D eigenvalue weighted by molar-refractivity contribution is 0.580. The molecule has 3 N–H and O–H groups in total. The van der Waals surface area contributed by atoms with Crippen LogP contribution in [0.2, 0.25) is 0 Å². The Bertz CT molecular complexity index is 349. The average molecular weight is 209 g/mol. The molecule has 1 rings (SSSR count). The maximum Gasteiger partial charge on any atom is 0.143 e. The van der Waals surface area contributed by atoms with Crippen LogP contribution in [0.1, 0.15) is 26.3 Å². The summed E-state index contributed by atoms with van der Waals surface area (Å²) in [4.78, 5) is 4.39. The van der Waals surface area contributed by atoms with Crippen molar-refractivity contribution in [3.05, 3.63) is 35.6 Å². The van der Waals surface area contributed by atoms with E-state index >= 15 is 0 Å². The van der Waals surface area contributed by atoms with E-state index in [0.717, 1.165) is 5.56 Å². The lowest BCUT2D eigenvalue weighted by Crippen LogP contribution is -2.33. The van der Waals surface area contributed by atoms with Gasteiger partial charge in [0.1, 0.15) is 11.7 Å². The molecule has 0 atom stereocenters. The lowest BCUT2D eigenvalue weighted by atomic mass is 10.1. The van der Waals surface area contributed by atoms with E-state index in [2.05, 4.69) is 10.4 Å². The first-order valence-corrected chi connectivity index (χ1v) is 4.75. The summed E-state index contributed by atoms with van der Waals surface area (Å²) < 4.78 is 12.7. The summed E-state index contributed by atoms with van der Waals surface area (Å²) in [5.74, 6) is 5.66. The maximum absolute atomic E-state index is 12.7. The molecule has 0 spiro atoms. The van der Waals surface area contributed by atoms with E-state index in [1.807, 2.05) is 20.8 Å². The van der Waals surface area contributed by atoms with Gasteiger partial charge in [0.25, 0.3) is 0 Å². The molecular formula is C11H16FN3. The molecule has 0 aliphatic carbocycles. The van der Waals surface area contributed by atoms with Gasteiger partial charge in [-0.2, -0.15) is 0 Å². The zero-order valence-corrected chi connectivity index (χ0v) is 9.21. The highest BCUT2D eigenvalue weighted by atomic mass is 19.1. The molecular weight excluding hydrogens is 193 g/mol. The molecule has 0 heterocycles. The van der Waals surface area contributed by atoms with Gasteiger partial charge in [-0.1, -0.05) is 0 Å². The summed E-state index contributed by atoms with van der Waals surface area (Å²) >= 11 is 0. The lowest BCUT2D eigenvalue weighted by Gasteiger charge is -2.15. The minimum Gasteiger partial charge on any atom is -0.308 e. The predicted molar refractivity (Wildman–Crippen MR) is 60.0 cm³/mol. The van der Waals surface area contributed by atoms with Crippen molar-refractivity contribution in [1.29, 1.82) is 0 Å². The second kappa shape index (κ2) is 4.40.